The Balaban J connectivity index is 3.85. The molecule has 0 rings (SSSR count). The molecule has 0 heterocycles. The van der Waals surface area contributed by atoms with Gasteiger partial charge in [-0.1, -0.05) is 333 Å². The standard InChI is InChI=1S/C69H135N2O6P/c1-6-8-10-12-14-16-18-20-22-23-24-25-26-27-28-29-30-31-32-33-34-35-36-37-38-39-40-41-42-43-44-45-46-47-49-51-53-55-57-59-61-63-69(73)70-67(66-77-78(74,75)76-65-64-71(3,4)5)68(72)62-60-58-56-54-52-50-48-21-19-17-15-13-11-9-7-2/h19,21,52,54,60,62,67-68,72H,6-18,20,22-51,53,55-59,61,63-66H2,1-5H3,(H-,70,73,74,75)/b21-19+,54-52+,62-60+. The SMILES string of the molecule is CCCCCCC/C=C/CC/C=C/CC/C=C/C(O)C(COP(=O)([O-])OCC[N+](C)(C)C)NC(=O)CCCCCCCCCCCCCCCCCCCCCCCCCCCCCCCCCCCCCCCCCCC. The van der Waals surface area contributed by atoms with Crippen molar-refractivity contribution in [1.82, 2.24) is 5.32 Å². The fourth-order valence-electron chi connectivity index (χ4n) is 10.5. The maximum absolute atomic E-state index is 13.0. The van der Waals surface area contributed by atoms with Gasteiger partial charge in [0.25, 0.3) is 7.82 Å². The predicted molar refractivity (Wildman–Crippen MR) is 339 cm³/mol. The molecule has 0 saturated heterocycles. The molecule has 0 aromatic heterocycles. The molecule has 462 valence electrons. The number of phosphoric ester groups is 1. The second kappa shape index (κ2) is 60.3. The van der Waals surface area contributed by atoms with Gasteiger partial charge in [-0.15, -0.1) is 0 Å². The Kier molecular flexibility index (Phi) is 59.3. The van der Waals surface area contributed by atoms with E-state index in [0.29, 0.717) is 17.4 Å². The van der Waals surface area contributed by atoms with Gasteiger partial charge in [-0.25, -0.2) is 0 Å². The lowest BCUT2D eigenvalue weighted by Crippen LogP contribution is -2.45. The van der Waals surface area contributed by atoms with E-state index < -0.39 is 26.6 Å². The lowest BCUT2D eigenvalue weighted by atomic mass is 10.0. The van der Waals surface area contributed by atoms with Crippen LogP contribution < -0.4 is 10.2 Å². The number of likely N-dealkylation sites (N-methyl/N-ethyl adjacent to an activating group) is 1. The number of quaternary nitrogens is 1. The summed E-state index contributed by atoms with van der Waals surface area (Å²) in [4.78, 5) is 25.5. The summed E-state index contributed by atoms with van der Waals surface area (Å²) in [6.07, 6.45) is 80.2. The molecule has 0 radical (unpaired) electrons. The number of amides is 1. The van der Waals surface area contributed by atoms with E-state index in [1.807, 2.05) is 27.2 Å². The van der Waals surface area contributed by atoms with Gasteiger partial charge in [-0.3, -0.25) is 9.36 Å². The Morgan fingerprint density at radius 1 is 0.436 bits per heavy atom. The quantitative estimate of drug-likeness (QED) is 0.0272. The zero-order valence-electron chi connectivity index (χ0n) is 52.9. The van der Waals surface area contributed by atoms with Crippen LogP contribution in [0.4, 0.5) is 0 Å². The van der Waals surface area contributed by atoms with E-state index in [2.05, 4.69) is 43.5 Å². The highest BCUT2D eigenvalue weighted by Gasteiger charge is 2.23. The Labute approximate surface area is 487 Å². The molecular formula is C69H135N2O6P. The summed E-state index contributed by atoms with van der Waals surface area (Å²) in [5.41, 5.74) is 0. The van der Waals surface area contributed by atoms with Crippen LogP contribution in [0.2, 0.25) is 0 Å². The van der Waals surface area contributed by atoms with Crippen molar-refractivity contribution in [2.24, 2.45) is 0 Å². The molecule has 8 nitrogen and oxygen atoms in total. The van der Waals surface area contributed by atoms with Gasteiger partial charge in [0.15, 0.2) is 0 Å². The van der Waals surface area contributed by atoms with Gasteiger partial charge in [0.1, 0.15) is 13.2 Å². The molecular weight excluding hydrogens is 984 g/mol. The summed E-state index contributed by atoms with van der Waals surface area (Å²) in [6.45, 7) is 4.64. The van der Waals surface area contributed by atoms with Crippen molar-refractivity contribution >= 4 is 13.7 Å². The zero-order valence-corrected chi connectivity index (χ0v) is 53.8. The van der Waals surface area contributed by atoms with Crippen LogP contribution in [0.3, 0.4) is 0 Å². The first-order valence-electron chi connectivity index (χ1n) is 34.4. The number of hydrogen-bond acceptors (Lipinski definition) is 6. The summed E-state index contributed by atoms with van der Waals surface area (Å²) in [7, 11) is 1.25. The molecule has 0 aromatic rings. The van der Waals surface area contributed by atoms with E-state index in [9.17, 15) is 19.4 Å². The van der Waals surface area contributed by atoms with Crippen LogP contribution in [0.5, 0.6) is 0 Å². The molecule has 3 unspecified atom stereocenters. The van der Waals surface area contributed by atoms with Crippen LogP contribution >= 0.6 is 7.82 Å². The lowest BCUT2D eigenvalue weighted by Gasteiger charge is -2.29. The van der Waals surface area contributed by atoms with E-state index in [-0.39, 0.29) is 12.5 Å². The summed E-state index contributed by atoms with van der Waals surface area (Å²) in [5.74, 6) is -0.206. The number of carbonyl (C=O) groups is 1. The van der Waals surface area contributed by atoms with Crippen molar-refractivity contribution in [3.63, 3.8) is 0 Å². The van der Waals surface area contributed by atoms with Gasteiger partial charge >= 0.3 is 0 Å². The van der Waals surface area contributed by atoms with Crippen molar-refractivity contribution in [2.75, 3.05) is 40.9 Å². The molecule has 0 bridgehead atoms. The number of unbranched alkanes of at least 4 members (excludes halogenated alkanes) is 47. The number of carbonyl (C=O) groups excluding carboxylic acids is 1. The second-order valence-electron chi connectivity index (χ2n) is 24.9. The average molecular weight is 1120 g/mol. The minimum Gasteiger partial charge on any atom is -0.756 e. The smallest absolute Gasteiger partial charge is 0.268 e. The van der Waals surface area contributed by atoms with Crippen molar-refractivity contribution in [2.45, 2.75) is 360 Å². The van der Waals surface area contributed by atoms with Gasteiger partial charge in [0.05, 0.1) is 39.9 Å². The number of allylic oxidation sites excluding steroid dienone is 5. The van der Waals surface area contributed by atoms with Crippen molar-refractivity contribution in [1.29, 1.82) is 0 Å². The maximum atomic E-state index is 13.0. The molecule has 0 spiro atoms. The largest absolute Gasteiger partial charge is 0.756 e. The molecule has 2 N–H and O–H groups in total. The first-order chi connectivity index (χ1) is 38.0. The highest BCUT2D eigenvalue weighted by atomic mass is 31.2. The molecule has 78 heavy (non-hydrogen) atoms. The minimum absolute atomic E-state index is 0.00744. The number of aliphatic hydroxyl groups excluding tert-OH is 1. The van der Waals surface area contributed by atoms with Gasteiger partial charge in [-0.2, -0.15) is 0 Å². The third-order valence-electron chi connectivity index (χ3n) is 15.8. The van der Waals surface area contributed by atoms with Crippen LogP contribution in [0.25, 0.3) is 0 Å². The normalized spacial score (nSPS) is 13.9. The zero-order chi connectivity index (χ0) is 57.0. The second-order valence-corrected chi connectivity index (χ2v) is 26.3. The fourth-order valence-corrected chi connectivity index (χ4v) is 11.2. The molecule has 0 aliphatic carbocycles. The number of nitrogens with one attached hydrogen (secondary N) is 1. The molecule has 0 fully saturated rings. The van der Waals surface area contributed by atoms with E-state index in [0.717, 1.165) is 44.9 Å². The molecule has 0 aromatic carbocycles. The van der Waals surface area contributed by atoms with Crippen LogP contribution in [-0.4, -0.2) is 68.5 Å². The van der Waals surface area contributed by atoms with Gasteiger partial charge in [-0.05, 0) is 44.9 Å². The van der Waals surface area contributed by atoms with Gasteiger partial charge in [0, 0.05) is 6.42 Å². The van der Waals surface area contributed by atoms with E-state index in [4.69, 9.17) is 9.05 Å². The first-order valence-corrected chi connectivity index (χ1v) is 35.8. The fraction of sp³-hybridized carbons (Fsp3) is 0.899. The number of rotatable bonds is 64. The van der Waals surface area contributed by atoms with Crippen molar-refractivity contribution in [3.05, 3.63) is 36.5 Å². The number of aliphatic hydroxyl groups is 1. The summed E-state index contributed by atoms with van der Waals surface area (Å²) in [6, 6.07) is -0.908. The number of nitrogens with zero attached hydrogens (tertiary/aromatic N) is 1. The third kappa shape index (κ3) is 62.3. The van der Waals surface area contributed by atoms with Crippen LogP contribution in [-0.2, 0) is 18.4 Å². The lowest BCUT2D eigenvalue weighted by molar-refractivity contribution is -0.870. The highest BCUT2D eigenvalue weighted by Crippen LogP contribution is 2.38. The van der Waals surface area contributed by atoms with Crippen LogP contribution in [0, 0.1) is 0 Å². The van der Waals surface area contributed by atoms with Gasteiger partial charge in [0.2, 0.25) is 5.91 Å². The third-order valence-corrected chi connectivity index (χ3v) is 16.8. The Morgan fingerprint density at radius 3 is 1.04 bits per heavy atom. The Hall–Kier alpha value is -1.28. The molecule has 3 atom stereocenters. The predicted octanol–water partition coefficient (Wildman–Crippen LogP) is 21.0. The Bertz CT molecular complexity index is 1360. The van der Waals surface area contributed by atoms with Crippen LogP contribution in [0.1, 0.15) is 348 Å². The Morgan fingerprint density at radius 2 is 0.718 bits per heavy atom. The summed E-state index contributed by atoms with van der Waals surface area (Å²) >= 11 is 0. The van der Waals surface area contributed by atoms with Crippen molar-refractivity contribution in [3.8, 4) is 0 Å². The summed E-state index contributed by atoms with van der Waals surface area (Å²) in [5, 5.41) is 13.9. The first kappa shape index (κ1) is 76.7. The number of phosphoric acid groups is 1. The maximum Gasteiger partial charge on any atom is 0.268 e. The van der Waals surface area contributed by atoms with Crippen molar-refractivity contribution < 1.29 is 32.9 Å². The molecule has 0 saturated carbocycles. The van der Waals surface area contributed by atoms with E-state index in [1.54, 1.807) is 6.08 Å². The average Bonchev–Trinajstić information content (AvgIpc) is 3.41. The van der Waals surface area contributed by atoms with E-state index >= 15 is 0 Å². The monoisotopic (exact) mass is 1120 g/mol. The molecule has 0 aliphatic heterocycles. The number of hydrogen-bond donors (Lipinski definition) is 2. The molecule has 0 aliphatic rings. The van der Waals surface area contributed by atoms with Gasteiger partial charge < -0.3 is 28.8 Å². The molecule has 9 heteroatoms. The highest BCUT2D eigenvalue weighted by molar-refractivity contribution is 7.45. The van der Waals surface area contributed by atoms with Crippen LogP contribution in [0.15, 0.2) is 36.5 Å². The van der Waals surface area contributed by atoms with E-state index in [1.165, 1.54) is 283 Å². The summed E-state index contributed by atoms with van der Waals surface area (Å²) < 4.78 is 23.3. The topological polar surface area (TPSA) is 108 Å². The molecule has 1 amide bonds. The minimum atomic E-state index is -4.61.